The van der Waals surface area contributed by atoms with Crippen LogP contribution in [-0.2, 0) is 24.8 Å². The van der Waals surface area contributed by atoms with Crippen molar-refractivity contribution >= 4 is 26.0 Å². The van der Waals surface area contributed by atoms with E-state index in [9.17, 15) is 21.6 Å². The average molecular weight is 457 g/mol. The maximum absolute atomic E-state index is 13.1. The number of ether oxygens (including phenoxy) is 1. The van der Waals surface area contributed by atoms with Gasteiger partial charge in [0.05, 0.1) is 29.0 Å². The summed E-state index contributed by atoms with van der Waals surface area (Å²) in [5.74, 6) is -0.556. The van der Waals surface area contributed by atoms with Gasteiger partial charge in [0.15, 0.2) is 0 Å². The van der Waals surface area contributed by atoms with E-state index in [2.05, 4.69) is 14.9 Å². The van der Waals surface area contributed by atoms with E-state index in [4.69, 9.17) is 0 Å². The first kappa shape index (κ1) is 22.4. The van der Waals surface area contributed by atoms with Crippen LogP contribution in [0.15, 0.2) is 34.1 Å². The molecule has 2 heterocycles. The number of sulfonamides is 2. The molecule has 1 fully saturated rings. The summed E-state index contributed by atoms with van der Waals surface area (Å²) in [6.07, 6.45) is 0.356. The van der Waals surface area contributed by atoms with Crippen LogP contribution in [0.2, 0.25) is 0 Å². The van der Waals surface area contributed by atoms with Gasteiger partial charge in [-0.25, -0.2) is 21.6 Å². The number of aromatic amines is 1. The van der Waals surface area contributed by atoms with Gasteiger partial charge in [-0.1, -0.05) is 0 Å². The largest absolute Gasteiger partial charge is 0.465 e. The number of aromatic nitrogens is 2. The highest BCUT2D eigenvalue weighted by Crippen LogP contribution is 2.24. The molecule has 3 rings (SSSR count). The molecule has 0 amide bonds. The SMILES string of the molecule is COC(=O)c1ccc(S(=O)(=O)N2CCCN(S(=O)(=O)c3c(C)n[nH]c3C)CC2)cc1. The Morgan fingerprint density at radius 1 is 0.967 bits per heavy atom. The maximum Gasteiger partial charge on any atom is 0.337 e. The minimum Gasteiger partial charge on any atom is -0.465 e. The van der Waals surface area contributed by atoms with Crippen molar-refractivity contribution in [3.8, 4) is 0 Å². The highest BCUT2D eigenvalue weighted by molar-refractivity contribution is 7.89. The number of aryl methyl sites for hydroxylation is 2. The number of esters is 1. The molecule has 1 aliphatic rings. The van der Waals surface area contributed by atoms with Gasteiger partial charge in [0, 0.05) is 26.2 Å². The van der Waals surface area contributed by atoms with Gasteiger partial charge in [-0.15, -0.1) is 0 Å². The molecule has 1 aliphatic heterocycles. The Labute approximate surface area is 175 Å². The Bertz CT molecular complexity index is 1120. The Morgan fingerprint density at radius 3 is 2.03 bits per heavy atom. The van der Waals surface area contributed by atoms with E-state index >= 15 is 0 Å². The van der Waals surface area contributed by atoms with Gasteiger partial charge in [0.1, 0.15) is 4.90 Å². The second kappa shape index (κ2) is 8.46. The molecular weight excluding hydrogens is 432 g/mol. The third-order valence-corrected chi connectivity index (χ3v) is 9.06. The lowest BCUT2D eigenvalue weighted by Gasteiger charge is -2.22. The summed E-state index contributed by atoms with van der Waals surface area (Å²) in [4.78, 5) is 11.7. The van der Waals surface area contributed by atoms with Gasteiger partial charge in [-0.05, 0) is 44.5 Å². The van der Waals surface area contributed by atoms with Crippen molar-refractivity contribution in [3.63, 3.8) is 0 Å². The zero-order valence-electron chi connectivity index (χ0n) is 17.0. The summed E-state index contributed by atoms with van der Waals surface area (Å²) < 4.78 is 59.3. The van der Waals surface area contributed by atoms with Crippen molar-refractivity contribution < 1.29 is 26.4 Å². The normalized spacial score (nSPS) is 16.9. The number of nitrogens with zero attached hydrogens (tertiary/aromatic N) is 3. The number of H-pyrrole nitrogens is 1. The Hall–Kier alpha value is -2.28. The van der Waals surface area contributed by atoms with Gasteiger partial charge in [0.25, 0.3) is 0 Å². The number of carbonyl (C=O) groups excluding carboxylic acids is 1. The van der Waals surface area contributed by atoms with Crippen molar-refractivity contribution in [2.24, 2.45) is 0 Å². The number of rotatable bonds is 5. The Morgan fingerprint density at radius 2 is 1.53 bits per heavy atom. The van der Waals surface area contributed by atoms with Gasteiger partial charge in [-0.3, -0.25) is 5.10 Å². The molecule has 0 spiro atoms. The van der Waals surface area contributed by atoms with Crippen molar-refractivity contribution in [1.29, 1.82) is 0 Å². The molecule has 2 aromatic rings. The summed E-state index contributed by atoms with van der Waals surface area (Å²) >= 11 is 0. The summed E-state index contributed by atoms with van der Waals surface area (Å²) in [6, 6.07) is 5.47. The number of benzene rings is 1. The van der Waals surface area contributed by atoms with E-state index in [0.29, 0.717) is 17.8 Å². The van der Waals surface area contributed by atoms with E-state index in [1.807, 2.05) is 0 Å². The molecule has 1 aromatic heterocycles. The predicted molar refractivity (Wildman–Crippen MR) is 108 cm³/mol. The van der Waals surface area contributed by atoms with Gasteiger partial charge < -0.3 is 4.74 Å². The number of methoxy groups -OCH3 is 1. The molecule has 0 radical (unpaired) electrons. The fourth-order valence-corrected chi connectivity index (χ4v) is 6.70. The first-order chi connectivity index (χ1) is 14.1. The van der Waals surface area contributed by atoms with E-state index in [0.717, 1.165) is 0 Å². The molecule has 30 heavy (non-hydrogen) atoms. The van der Waals surface area contributed by atoms with E-state index in [1.165, 1.54) is 40.0 Å². The van der Waals surface area contributed by atoms with Crippen LogP contribution in [-0.4, -0.2) is 74.9 Å². The van der Waals surface area contributed by atoms with Gasteiger partial charge >= 0.3 is 5.97 Å². The van der Waals surface area contributed by atoms with Crippen LogP contribution in [0, 0.1) is 13.8 Å². The summed E-state index contributed by atoms with van der Waals surface area (Å²) in [5, 5.41) is 6.62. The summed E-state index contributed by atoms with van der Waals surface area (Å²) in [7, 11) is -6.37. The molecule has 1 saturated heterocycles. The molecule has 1 N–H and O–H groups in total. The third kappa shape index (κ3) is 4.13. The lowest BCUT2D eigenvalue weighted by Crippen LogP contribution is -2.37. The van der Waals surface area contributed by atoms with Crippen LogP contribution in [0.4, 0.5) is 0 Å². The van der Waals surface area contributed by atoms with Gasteiger partial charge in [-0.2, -0.15) is 13.7 Å². The van der Waals surface area contributed by atoms with E-state index in [-0.39, 0.29) is 41.5 Å². The monoisotopic (exact) mass is 456 g/mol. The zero-order valence-corrected chi connectivity index (χ0v) is 18.6. The fraction of sp³-hybridized carbons (Fsp3) is 0.444. The third-order valence-electron chi connectivity index (χ3n) is 4.99. The topological polar surface area (TPSA) is 130 Å². The predicted octanol–water partition coefficient (Wildman–Crippen LogP) is 0.898. The van der Waals surface area contributed by atoms with Crippen molar-refractivity contribution in [2.75, 3.05) is 33.3 Å². The fourth-order valence-electron chi connectivity index (χ4n) is 3.43. The average Bonchev–Trinajstić information content (AvgIpc) is 2.92. The maximum atomic E-state index is 13.1. The highest BCUT2D eigenvalue weighted by atomic mass is 32.2. The Balaban J connectivity index is 1.80. The van der Waals surface area contributed by atoms with Crippen LogP contribution in [0.3, 0.4) is 0 Å². The molecule has 0 bridgehead atoms. The summed E-state index contributed by atoms with van der Waals surface area (Å²) in [5.41, 5.74) is 1.08. The second-order valence-electron chi connectivity index (χ2n) is 6.94. The number of carbonyl (C=O) groups is 1. The lowest BCUT2D eigenvalue weighted by atomic mass is 10.2. The Kier molecular flexibility index (Phi) is 6.32. The standard InChI is InChI=1S/C18H24N4O6S2/c1-13-17(14(2)20-19-13)30(26,27)22-10-4-9-21(11-12-22)29(24,25)16-7-5-15(6-8-16)18(23)28-3/h5-8H,4,9-12H2,1-3H3,(H,19,20). The minimum absolute atomic E-state index is 0.0241. The van der Waals surface area contributed by atoms with Crippen molar-refractivity contribution in [2.45, 2.75) is 30.1 Å². The lowest BCUT2D eigenvalue weighted by molar-refractivity contribution is 0.0600. The van der Waals surface area contributed by atoms with Crippen LogP contribution in [0.5, 0.6) is 0 Å². The van der Waals surface area contributed by atoms with Crippen molar-refractivity contribution in [3.05, 3.63) is 41.2 Å². The molecule has 0 unspecified atom stereocenters. The molecule has 0 saturated carbocycles. The van der Waals surface area contributed by atoms with Gasteiger partial charge in [0.2, 0.25) is 20.0 Å². The molecule has 164 valence electrons. The van der Waals surface area contributed by atoms with E-state index < -0.39 is 26.0 Å². The number of hydrogen-bond acceptors (Lipinski definition) is 7. The molecule has 10 nitrogen and oxygen atoms in total. The number of nitrogens with one attached hydrogen (secondary N) is 1. The highest BCUT2D eigenvalue weighted by Gasteiger charge is 2.34. The van der Waals surface area contributed by atoms with Crippen LogP contribution < -0.4 is 0 Å². The molecular formula is C18H24N4O6S2. The quantitative estimate of drug-likeness (QED) is 0.662. The first-order valence-electron chi connectivity index (χ1n) is 9.29. The molecule has 12 heteroatoms. The second-order valence-corrected chi connectivity index (χ2v) is 10.8. The smallest absolute Gasteiger partial charge is 0.337 e. The first-order valence-corrected chi connectivity index (χ1v) is 12.2. The molecule has 1 aromatic carbocycles. The van der Waals surface area contributed by atoms with Crippen LogP contribution in [0.25, 0.3) is 0 Å². The van der Waals surface area contributed by atoms with E-state index in [1.54, 1.807) is 13.8 Å². The van der Waals surface area contributed by atoms with Crippen LogP contribution >= 0.6 is 0 Å². The minimum atomic E-state index is -3.83. The summed E-state index contributed by atoms with van der Waals surface area (Å²) in [6.45, 7) is 3.71. The zero-order chi connectivity index (χ0) is 22.1. The molecule has 0 aliphatic carbocycles. The van der Waals surface area contributed by atoms with Crippen molar-refractivity contribution in [1.82, 2.24) is 18.8 Å². The molecule has 0 atom stereocenters. The number of hydrogen-bond donors (Lipinski definition) is 1. The van der Waals surface area contributed by atoms with Crippen LogP contribution in [0.1, 0.15) is 28.2 Å².